The van der Waals surface area contributed by atoms with Crippen LogP contribution in [0.5, 0.6) is 0 Å². The number of hydrogen-bond donors (Lipinski definition) is 2. The van der Waals surface area contributed by atoms with E-state index < -0.39 is 12.0 Å². The number of hydrogen-bond acceptors (Lipinski definition) is 4. The van der Waals surface area contributed by atoms with E-state index in [1.807, 2.05) is 12.1 Å². The Bertz CT molecular complexity index is 619. The van der Waals surface area contributed by atoms with E-state index >= 15 is 0 Å². The van der Waals surface area contributed by atoms with Crippen LogP contribution in [-0.4, -0.2) is 46.8 Å². The highest BCUT2D eigenvalue weighted by Crippen LogP contribution is 2.22. The van der Waals surface area contributed by atoms with Crippen LogP contribution in [0.3, 0.4) is 0 Å². The number of likely N-dealkylation sites (tertiary alicyclic amines) is 1. The van der Waals surface area contributed by atoms with Crippen molar-refractivity contribution in [2.24, 2.45) is 5.92 Å². The second kappa shape index (κ2) is 6.50. The summed E-state index contributed by atoms with van der Waals surface area (Å²) < 4.78 is 5.06. The Morgan fingerprint density at radius 3 is 3.05 bits per heavy atom. The van der Waals surface area contributed by atoms with Gasteiger partial charge in [0.1, 0.15) is 0 Å². The summed E-state index contributed by atoms with van der Waals surface area (Å²) >= 11 is 0. The standard InChI is InChI=1S/C17H22N2O3/c1-2-22-17(21)14-11-19(8-7-16(14)20)10-13-9-12-5-3-4-6-15(12)18-13/h3-6,9,14,16,18,20H,2,7-8,10-11H2,1H3. The molecule has 2 heterocycles. The molecule has 22 heavy (non-hydrogen) atoms. The topological polar surface area (TPSA) is 65.6 Å². The van der Waals surface area contributed by atoms with Crippen LogP contribution < -0.4 is 0 Å². The molecule has 0 spiro atoms. The third kappa shape index (κ3) is 3.15. The van der Waals surface area contributed by atoms with Crippen LogP contribution in [0.1, 0.15) is 19.0 Å². The number of rotatable bonds is 4. The van der Waals surface area contributed by atoms with Crippen molar-refractivity contribution in [2.45, 2.75) is 26.0 Å². The highest BCUT2D eigenvalue weighted by atomic mass is 16.5. The minimum absolute atomic E-state index is 0.295. The Labute approximate surface area is 129 Å². The molecule has 0 amide bonds. The lowest BCUT2D eigenvalue weighted by atomic mass is 9.94. The Morgan fingerprint density at radius 2 is 2.27 bits per heavy atom. The van der Waals surface area contributed by atoms with Crippen LogP contribution in [0, 0.1) is 5.92 Å². The molecule has 1 aromatic heterocycles. The zero-order chi connectivity index (χ0) is 15.5. The molecular weight excluding hydrogens is 280 g/mol. The normalized spacial score (nSPS) is 22.8. The lowest BCUT2D eigenvalue weighted by Crippen LogP contribution is -2.46. The van der Waals surface area contributed by atoms with Crippen LogP contribution >= 0.6 is 0 Å². The van der Waals surface area contributed by atoms with Gasteiger partial charge in [-0.15, -0.1) is 0 Å². The first-order valence-corrected chi connectivity index (χ1v) is 7.81. The molecule has 1 fully saturated rings. The number of carbonyl (C=O) groups excluding carboxylic acids is 1. The number of fused-ring (bicyclic) bond motifs is 1. The van der Waals surface area contributed by atoms with Gasteiger partial charge in [-0.25, -0.2) is 0 Å². The molecule has 3 rings (SSSR count). The van der Waals surface area contributed by atoms with E-state index in [9.17, 15) is 9.90 Å². The molecule has 0 aliphatic carbocycles. The molecule has 2 aromatic rings. The molecule has 2 atom stereocenters. The number of carbonyl (C=O) groups is 1. The first-order chi connectivity index (χ1) is 10.7. The number of nitrogens with zero attached hydrogens (tertiary/aromatic N) is 1. The van der Waals surface area contributed by atoms with Crippen molar-refractivity contribution in [1.82, 2.24) is 9.88 Å². The zero-order valence-corrected chi connectivity index (χ0v) is 12.8. The van der Waals surface area contributed by atoms with E-state index in [-0.39, 0.29) is 5.97 Å². The van der Waals surface area contributed by atoms with Crippen molar-refractivity contribution in [1.29, 1.82) is 0 Å². The smallest absolute Gasteiger partial charge is 0.312 e. The number of piperidine rings is 1. The van der Waals surface area contributed by atoms with Crippen molar-refractivity contribution in [3.63, 3.8) is 0 Å². The molecule has 118 valence electrons. The maximum Gasteiger partial charge on any atom is 0.312 e. The average Bonchev–Trinajstić information content (AvgIpc) is 2.91. The summed E-state index contributed by atoms with van der Waals surface area (Å²) in [5.41, 5.74) is 2.25. The number of aromatic nitrogens is 1. The Hall–Kier alpha value is -1.85. The van der Waals surface area contributed by atoms with Gasteiger partial charge in [0, 0.05) is 30.8 Å². The maximum atomic E-state index is 11.9. The van der Waals surface area contributed by atoms with Crippen LogP contribution in [0.25, 0.3) is 10.9 Å². The summed E-state index contributed by atoms with van der Waals surface area (Å²) in [6.07, 6.45) is 0.00184. The first kappa shape index (κ1) is 15.1. The van der Waals surface area contributed by atoms with Crippen LogP contribution in [-0.2, 0) is 16.1 Å². The lowest BCUT2D eigenvalue weighted by Gasteiger charge is -2.34. The van der Waals surface area contributed by atoms with Gasteiger partial charge in [-0.3, -0.25) is 9.69 Å². The zero-order valence-electron chi connectivity index (χ0n) is 12.8. The fourth-order valence-electron chi connectivity index (χ4n) is 3.09. The molecule has 0 saturated carbocycles. The van der Waals surface area contributed by atoms with Crippen molar-refractivity contribution >= 4 is 16.9 Å². The van der Waals surface area contributed by atoms with Crippen molar-refractivity contribution in [3.8, 4) is 0 Å². The van der Waals surface area contributed by atoms with Crippen molar-refractivity contribution in [2.75, 3.05) is 19.7 Å². The number of aliphatic hydroxyl groups is 1. The Balaban J connectivity index is 1.68. The quantitative estimate of drug-likeness (QED) is 0.847. The van der Waals surface area contributed by atoms with E-state index in [1.165, 1.54) is 5.39 Å². The summed E-state index contributed by atoms with van der Waals surface area (Å²) in [7, 11) is 0. The molecule has 1 aliphatic heterocycles. The van der Waals surface area contributed by atoms with E-state index in [0.29, 0.717) is 19.6 Å². The van der Waals surface area contributed by atoms with E-state index in [1.54, 1.807) is 6.92 Å². The molecule has 0 radical (unpaired) electrons. The summed E-state index contributed by atoms with van der Waals surface area (Å²) in [4.78, 5) is 17.5. The number of H-pyrrole nitrogens is 1. The minimum Gasteiger partial charge on any atom is -0.466 e. The number of aromatic amines is 1. The summed E-state index contributed by atoms with van der Waals surface area (Å²) in [5.74, 6) is -0.741. The van der Waals surface area contributed by atoms with Gasteiger partial charge >= 0.3 is 5.97 Å². The predicted octanol–water partition coefficient (Wildman–Crippen LogP) is 1.91. The third-order valence-corrected chi connectivity index (χ3v) is 4.23. The van der Waals surface area contributed by atoms with Gasteiger partial charge in [0.15, 0.2) is 0 Å². The highest BCUT2D eigenvalue weighted by Gasteiger charge is 2.34. The fraction of sp³-hybridized carbons (Fsp3) is 0.471. The predicted molar refractivity (Wildman–Crippen MR) is 84.3 cm³/mol. The molecule has 0 bridgehead atoms. The maximum absolute atomic E-state index is 11.9. The SMILES string of the molecule is CCOC(=O)C1CN(Cc2cc3ccccc3[nH]2)CCC1O. The average molecular weight is 302 g/mol. The molecule has 5 heteroatoms. The van der Waals surface area contributed by atoms with Gasteiger partial charge in [-0.1, -0.05) is 18.2 Å². The number of aliphatic hydroxyl groups excluding tert-OH is 1. The van der Waals surface area contributed by atoms with Gasteiger partial charge in [0.05, 0.1) is 18.6 Å². The van der Waals surface area contributed by atoms with E-state index in [4.69, 9.17) is 4.74 Å². The number of nitrogens with one attached hydrogen (secondary N) is 1. The van der Waals surface area contributed by atoms with Crippen molar-refractivity contribution < 1.29 is 14.6 Å². The molecule has 5 nitrogen and oxygen atoms in total. The Kier molecular flexibility index (Phi) is 4.45. The number of ether oxygens (including phenoxy) is 1. The molecule has 2 N–H and O–H groups in total. The Morgan fingerprint density at radius 1 is 1.45 bits per heavy atom. The van der Waals surface area contributed by atoms with Crippen LogP contribution in [0.15, 0.2) is 30.3 Å². The third-order valence-electron chi connectivity index (χ3n) is 4.23. The molecule has 1 saturated heterocycles. The van der Waals surface area contributed by atoms with Gasteiger partial charge in [-0.2, -0.15) is 0 Å². The highest BCUT2D eigenvalue weighted by molar-refractivity contribution is 5.80. The van der Waals surface area contributed by atoms with Crippen molar-refractivity contribution in [3.05, 3.63) is 36.0 Å². The minimum atomic E-state index is -0.599. The fourth-order valence-corrected chi connectivity index (χ4v) is 3.09. The molecular formula is C17H22N2O3. The monoisotopic (exact) mass is 302 g/mol. The van der Waals surface area contributed by atoms with Gasteiger partial charge in [0.25, 0.3) is 0 Å². The molecule has 2 unspecified atom stereocenters. The van der Waals surface area contributed by atoms with Crippen LogP contribution in [0.4, 0.5) is 0 Å². The second-order valence-corrected chi connectivity index (χ2v) is 5.83. The van der Waals surface area contributed by atoms with Gasteiger partial charge in [-0.05, 0) is 30.9 Å². The summed E-state index contributed by atoms with van der Waals surface area (Å²) in [5, 5.41) is 11.2. The summed E-state index contributed by atoms with van der Waals surface area (Å²) in [6.45, 7) is 4.21. The van der Waals surface area contributed by atoms with E-state index in [2.05, 4.69) is 28.1 Å². The van der Waals surface area contributed by atoms with Gasteiger partial charge in [0.2, 0.25) is 0 Å². The number of esters is 1. The first-order valence-electron chi connectivity index (χ1n) is 7.81. The lowest BCUT2D eigenvalue weighted by molar-refractivity contribution is -0.155. The molecule has 1 aromatic carbocycles. The summed E-state index contributed by atoms with van der Waals surface area (Å²) in [6, 6.07) is 10.3. The van der Waals surface area contributed by atoms with Gasteiger partial charge < -0.3 is 14.8 Å². The number of para-hydroxylation sites is 1. The van der Waals surface area contributed by atoms with Crippen LogP contribution in [0.2, 0.25) is 0 Å². The van der Waals surface area contributed by atoms with E-state index in [0.717, 1.165) is 24.3 Å². The molecule has 1 aliphatic rings. The second-order valence-electron chi connectivity index (χ2n) is 5.83. The largest absolute Gasteiger partial charge is 0.466 e. The number of benzene rings is 1.